The van der Waals surface area contributed by atoms with Crippen molar-refractivity contribution in [3.8, 4) is 11.5 Å². The van der Waals surface area contributed by atoms with Crippen molar-refractivity contribution < 1.29 is 28.6 Å². The van der Waals surface area contributed by atoms with Crippen LogP contribution in [0.25, 0.3) is 0 Å². The largest absolute Gasteiger partial charge is 0.493 e. The number of carbonyl (C=O) groups excluding carboxylic acids is 3. The number of esters is 1. The molecule has 2 rings (SSSR count). The van der Waals surface area contributed by atoms with Gasteiger partial charge in [0.1, 0.15) is 0 Å². The summed E-state index contributed by atoms with van der Waals surface area (Å²) in [7, 11) is 2.82. The molecule has 1 aliphatic carbocycles. The fourth-order valence-corrected chi connectivity index (χ4v) is 2.99. The second kappa shape index (κ2) is 9.28. The van der Waals surface area contributed by atoms with Gasteiger partial charge < -0.3 is 19.5 Å². The fourth-order valence-electron chi connectivity index (χ4n) is 2.70. The number of hydrogen-bond acceptors (Lipinski definition) is 6. The first-order valence-electron chi connectivity index (χ1n) is 8.13. The second-order valence-electron chi connectivity index (χ2n) is 5.77. The van der Waals surface area contributed by atoms with Gasteiger partial charge in [-0.2, -0.15) is 0 Å². The highest BCUT2D eigenvalue weighted by molar-refractivity contribution is 6.32. The molecule has 0 bridgehead atoms. The molecule has 142 valence electrons. The van der Waals surface area contributed by atoms with E-state index in [1.165, 1.54) is 26.4 Å². The lowest BCUT2D eigenvalue weighted by molar-refractivity contribution is -0.123. The minimum absolute atomic E-state index is 0.0826. The number of imide groups is 1. The fraction of sp³-hybridized carbons (Fsp3) is 0.471. The smallest absolute Gasteiger partial charge is 0.338 e. The van der Waals surface area contributed by atoms with Gasteiger partial charge >= 0.3 is 12.0 Å². The summed E-state index contributed by atoms with van der Waals surface area (Å²) in [4.78, 5) is 35.5. The Labute approximate surface area is 156 Å². The average molecular weight is 385 g/mol. The zero-order valence-electron chi connectivity index (χ0n) is 14.6. The van der Waals surface area contributed by atoms with Crippen LogP contribution in [0.3, 0.4) is 0 Å². The van der Waals surface area contributed by atoms with E-state index >= 15 is 0 Å². The number of hydrogen-bond donors (Lipinski definition) is 2. The predicted octanol–water partition coefficient (Wildman–Crippen LogP) is 2.28. The van der Waals surface area contributed by atoms with Crippen LogP contribution in [0.4, 0.5) is 4.79 Å². The summed E-state index contributed by atoms with van der Waals surface area (Å²) in [6.45, 7) is -0.594. The third kappa shape index (κ3) is 5.26. The Hall–Kier alpha value is -2.48. The maximum atomic E-state index is 12.1. The minimum Gasteiger partial charge on any atom is -0.493 e. The number of carbonyl (C=O) groups is 3. The molecule has 0 spiro atoms. The first kappa shape index (κ1) is 19.8. The van der Waals surface area contributed by atoms with Crippen LogP contribution >= 0.6 is 11.6 Å². The maximum absolute atomic E-state index is 12.1. The Morgan fingerprint density at radius 2 is 1.85 bits per heavy atom. The van der Waals surface area contributed by atoms with Crippen LogP contribution in [-0.4, -0.2) is 44.8 Å². The molecular weight excluding hydrogens is 364 g/mol. The van der Waals surface area contributed by atoms with Crippen molar-refractivity contribution in [3.63, 3.8) is 0 Å². The van der Waals surface area contributed by atoms with Crippen molar-refractivity contribution in [2.24, 2.45) is 0 Å². The van der Waals surface area contributed by atoms with E-state index in [1.54, 1.807) is 0 Å². The topological polar surface area (TPSA) is 103 Å². The highest BCUT2D eigenvalue weighted by atomic mass is 35.5. The van der Waals surface area contributed by atoms with Gasteiger partial charge in [-0.1, -0.05) is 24.4 Å². The van der Waals surface area contributed by atoms with Crippen LogP contribution in [0.2, 0.25) is 5.02 Å². The van der Waals surface area contributed by atoms with Gasteiger partial charge in [-0.05, 0) is 25.0 Å². The van der Waals surface area contributed by atoms with Gasteiger partial charge in [-0.25, -0.2) is 9.59 Å². The van der Waals surface area contributed by atoms with Gasteiger partial charge in [-0.3, -0.25) is 10.1 Å². The Bertz CT molecular complexity index is 688. The standard InChI is InChI=1S/C17H21ClN2O6/c1-24-13-8-10(7-12(18)15(13)25-2)16(22)26-9-14(21)20-17(23)19-11-5-3-4-6-11/h7-8,11H,3-6,9H2,1-2H3,(H2,19,20,21,23). The van der Waals surface area contributed by atoms with Crippen molar-refractivity contribution in [2.45, 2.75) is 31.7 Å². The van der Waals surface area contributed by atoms with Gasteiger partial charge in [0.25, 0.3) is 5.91 Å². The lowest BCUT2D eigenvalue weighted by atomic mass is 10.2. The molecule has 0 heterocycles. The molecular formula is C17H21ClN2O6. The normalized spacial score (nSPS) is 13.8. The summed E-state index contributed by atoms with van der Waals surface area (Å²) < 4.78 is 15.1. The SMILES string of the molecule is COc1cc(C(=O)OCC(=O)NC(=O)NC2CCCC2)cc(Cl)c1OC. The van der Waals surface area contributed by atoms with Crippen LogP contribution in [0.15, 0.2) is 12.1 Å². The van der Waals surface area contributed by atoms with E-state index < -0.39 is 24.5 Å². The molecule has 0 atom stereocenters. The molecule has 0 aliphatic heterocycles. The third-order valence-electron chi connectivity index (χ3n) is 3.95. The first-order chi connectivity index (χ1) is 12.4. The summed E-state index contributed by atoms with van der Waals surface area (Å²) in [5, 5.41) is 5.00. The Kier molecular flexibility index (Phi) is 7.08. The van der Waals surface area contributed by atoms with Gasteiger partial charge in [0.15, 0.2) is 18.1 Å². The van der Waals surface area contributed by atoms with E-state index in [0.717, 1.165) is 25.7 Å². The molecule has 9 heteroatoms. The van der Waals surface area contributed by atoms with E-state index in [1.807, 2.05) is 0 Å². The number of rotatable bonds is 6. The Morgan fingerprint density at radius 3 is 2.46 bits per heavy atom. The number of amides is 3. The number of halogens is 1. The molecule has 0 unspecified atom stereocenters. The highest BCUT2D eigenvalue weighted by Crippen LogP contribution is 2.36. The van der Waals surface area contributed by atoms with E-state index in [9.17, 15) is 14.4 Å². The van der Waals surface area contributed by atoms with Crippen molar-refractivity contribution in [1.29, 1.82) is 0 Å². The molecule has 0 saturated heterocycles. The zero-order chi connectivity index (χ0) is 19.1. The summed E-state index contributed by atoms with van der Waals surface area (Å²) in [5.41, 5.74) is 0.0934. The van der Waals surface area contributed by atoms with Crippen LogP contribution < -0.4 is 20.1 Å². The number of methoxy groups -OCH3 is 2. The molecule has 26 heavy (non-hydrogen) atoms. The lowest BCUT2D eigenvalue weighted by Gasteiger charge is -2.13. The van der Waals surface area contributed by atoms with Crippen molar-refractivity contribution in [2.75, 3.05) is 20.8 Å². The molecule has 1 saturated carbocycles. The predicted molar refractivity (Wildman–Crippen MR) is 93.8 cm³/mol. The number of nitrogens with one attached hydrogen (secondary N) is 2. The van der Waals surface area contributed by atoms with Crippen molar-refractivity contribution >= 4 is 29.5 Å². The van der Waals surface area contributed by atoms with E-state index in [0.29, 0.717) is 0 Å². The van der Waals surface area contributed by atoms with E-state index in [4.69, 9.17) is 25.8 Å². The van der Waals surface area contributed by atoms with Gasteiger partial charge in [-0.15, -0.1) is 0 Å². The second-order valence-corrected chi connectivity index (χ2v) is 6.18. The lowest BCUT2D eigenvalue weighted by Crippen LogP contribution is -2.44. The van der Waals surface area contributed by atoms with Crippen LogP contribution in [0, 0.1) is 0 Å². The number of ether oxygens (including phenoxy) is 3. The summed E-state index contributed by atoms with van der Waals surface area (Å²) in [6, 6.07) is 2.22. The first-order valence-corrected chi connectivity index (χ1v) is 8.51. The van der Waals surface area contributed by atoms with Gasteiger partial charge in [0, 0.05) is 6.04 Å². The monoisotopic (exact) mass is 384 g/mol. The van der Waals surface area contributed by atoms with E-state index in [-0.39, 0.29) is 28.1 Å². The van der Waals surface area contributed by atoms with E-state index in [2.05, 4.69) is 10.6 Å². The molecule has 8 nitrogen and oxygen atoms in total. The third-order valence-corrected chi connectivity index (χ3v) is 4.23. The maximum Gasteiger partial charge on any atom is 0.338 e. The molecule has 1 aromatic rings. The molecule has 2 N–H and O–H groups in total. The number of benzene rings is 1. The van der Waals surface area contributed by atoms with Gasteiger partial charge in [0.05, 0.1) is 24.8 Å². The van der Waals surface area contributed by atoms with Crippen LogP contribution in [0.5, 0.6) is 11.5 Å². The summed E-state index contributed by atoms with van der Waals surface area (Å²) in [6.07, 6.45) is 3.92. The zero-order valence-corrected chi connectivity index (χ0v) is 15.4. The quantitative estimate of drug-likeness (QED) is 0.729. The molecule has 3 amide bonds. The molecule has 1 fully saturated rings. The molecule has 1 aromatic carbocycles. The van der Waals surface area contributed by atoms with Crippen LogP contribution in [0.1, 0.15) is 36.0 Å². The molecule has 0 aromatic heterocycles. The Balaban J connectivity index is 1.86. The molecule has 0 radical (unpaired) electrons. The minimum atomic E-state index is -0.779. The molecule has 1 aliphatic rings. The highest BCUT2D eigenvalue weighted by Gasteiger charge is 2.20. The number of urea groups is 1. The van der Waals surface area contributed by atoms with Crippen molar-refractivity contribution in [1.82, 2.24) is 10.6 Å². The summed E-state index contributed by atoms with van der Waals surface area (Å²) >= 11 is 6.03. The Morgan fingerprint density at radius 1 is 1.15 bits per heavy atom. The van der Waals surface area contributed by atoms with Gasteiger partial charge in [0.2, 0.25) is 0 Å². The average Bonchev–Trinajstić information content (AvgIpc) is 3.11. The van der Waals surface area contributed by atoms with Crippen LogP contribution in [-0.2, 0) is 9.53 Å². The van der Waals surface area contributed by atoms with Crippen molar-refractivity contribution in [3.05, 3.63) is 22.7 Å². The summed E-state index contributed by atoms with van der Waals surface area (Å²) in [5.74, 6) is -0.959.